The molecule has 0 N–H and O–H groups in total. The van der Waals surface area contributed by atoms with E-state index in [4.69, 9.17) is 9.47 Å². The summed E-state index contributed by atoms with van der Waals surface area (Å²) in [6, 6.07) is 9.93. The predicted molar refractivity (Wildman–Crippen MR) is 113 cm³/mol. The molecule has 1 fully saturated rings. The van der Waals surface area contributed by atoms with Gasteiger partial charge in [0, 0.05) is 17.6 Å². The molecule has 7 nitrogen and oxygen atoms in total. The predicted octanol–water partition coefficient (Wildman–Crippen LogP) is 4.29. The van der Waals surface area contributed by atoms with Gasteiger partial charge in [-0.05, 0) is 60.3 Å². The Morgan fingerprint density at radius 1 is 1.21 bits per heavy atom. The first-order valence-electron chi connectivity index (χ1n) is 9.37. The first-order chi connectivity index (χ1) is 14.3. The van der Waals surface area contributed by atoms with Gasteiger partial charge in [0.2, 0.25) is 0 Å². The van der Waals surface area contributed by atoms with Crippen LogP contribution in [-0.4, -0.2) is 44.6 Å². The lowest BCUT2D eigenvalue weighted by atomic mass is 10.2. The lowest BCUT2D eigenvalue weighted by molar-refractivity contribution is 0.0953. The van der Waals surface area contributed by atoms with Crippen LogP contribution in [0, 0.1) is 0 Å². The minimum atomic E-state index is 0.175. The zero-order valence-corrected chi connectivity index (χ0v) is 17.4. The molecule has 0 unspecified atom stereocenters. The molecule has 0 amide bonds. The van der Waals surface area contributed by atoms with Gasteiger partial charge in [-0.15, -0.1) is 21.5 Å². The van der Waals surface area contributed by atoms with Crippen LogP contribution in [0.15, 0.2) is 52.2 Å². The van der Waals surface area contributed by atoms with E-state index < -0.39 is 0 Å². The number of benzene rings is 1. The monoisotopic (exact) mass is 425 g/mol. The second-order valence-electron chi connectivity index (χ2n) is 6.70. The molecule has 3 aromatic heterocycles. The van der Waals surface area contributed by atoms with E-state index in [0.29, 0.717) is 6.54 Å². The molecule has 1 aliphatic heterocycles. The van der Waals surface area contributed by atoms with Gasteiger partial charge in [-0.3, -0.25) is 4.57 Å². The summed E-state index contributed by atoms with van der Waals surface area (Å²) in [6.45, 7) is 1.53. The minimum absolute atomic E-state index is 0.175. The lowest BCUT2D eigenvalue weighted by Crippen LogP contribution is -2.16. The molecule has 0 spiro atoms. The van der Waals surface area contributed by atoms with Gasteiger partial charge in [-0.2, -0.15) is 0 Å². The summed E-state index contributed by atoms with van der Waals surface area (Å²) in [6.07, 6.45) is 3.92. The molecule has 9 heteroatoms. The van der Waals surface area contributed by atoms with Crippen LogP contribution in [0.2, 0.25) is 0 Å². The first kappa shape index (κ1) is 18.5. The van der Waals surface area contributed by atoms with E-state index >= 15 is 0 Å². The summed E-state index contributed by atoms with van der Waals surface area (Å²) < 4.78 is 13.3. The highest BCUT2D eigenvalue weighted by Crippen LogP contribution is 2.34. The summed E-state index contributed by atoms with van der Waals surface area (Å²) in [4.78, 5) is 9.79. The molecule has 4 heterocycles. The summed E-state index contributed by atoms with van der Waals surface area (Å²) in [5.41, 5.74) is 0.992. The molecule has 148 valence electrons. The van der Waals surface area contributed by atoms with Crippen LogP contribution in [0.3, 0.4) is 0 Å². The third kappa shape index (κ3) is 3.73. The van der Waals surface area contributed by atoms with E-state index in [1.165, 1.54) is 11.8 Å². The summed E-state index contributed by atoms with van der Waals surface area (Å²) >= 11 is 3.13. The maximum Gasteiger partial charge on any atom is 0.197 e. The molecule has 0 radical (unpaired) electrons. The average molecular weight is 426 g/mol. The Morgan fingerprint density at radius 3 is 2.90 bits per heavy atom. The maximum atomic E-state index is 5.89. The lowest BCUT2D eigenvalue weighted by Gasteiger charge is -2.15. The fraction of sp³-hybridized carbons (Fsp3) is 0.300. The van der Waals surface area contributed by atoms with Gasteiger partial charge in [-0.1, -0.05) is 0 Å². The van der Waals surface area contributed by atoms with Crippen molar-refractivity contribution in [3.8, 4) is 17.1 Å². The molecular formula is C20H19N5O2S2. The number of thiophene rings is 1. The van der Waals surface area contributed by atoms with Crippen LogP contribution in [0.1, 0.15) is 12.8 Å². The van der Waals surface area contributed by atoms with Crippen molar-refractivity contribution in [2.75, 3.05) is 13.7 Å². The third-order valence-corrected chi connectivity index (χ3v) is 6.71. The maximum absolute atomic E-state index is 5.89. The Kier molecular flexibility index (Phi) is 5.17. The molecule has 4 aromatic rings. The first-order valence-corrected chi connectivity index (χ1v) is 11.1. The zero-order chi connectivity index (χ0) is 19.6. The summed E-state index contributed by atoms with van der Waals surface area (Å²) in [5, 5.41) is 13.8. The summed E-state index contributed by atoms with van der Waals surface area (Å²) in [5.74, 6) is 1.63. The number of ether oxygens (including phenoxy) is 2. The van der Waals surface area contributed by atoms with E-state index in [2.05, 4.69) is 24.7 Å². The third-order valence-electron chi connectivity index (χ3n) is 4.89. The van der Waals surface area contributed by atoms with Crippen molar-refractivity contribution >= 4 is 33.3 Å². The number of nitrogens with zero attached hydrogens (tertiary/aromatic N) is 5. The van der Waals surface area contributed by atoms with E-state index in [1.807, 2.05) is 35.7 Å². The van der Waals surface area contributed by atoms with Crippen molar-refractivity contribution in [3.63, 3.8) is 0 Å². The van der Waals surface area contributed by atoms with Gasteiger partial charge in [0.05, 0.1) is 19.8 Å². The molecule has 1 atom stereocenters. The molecule has 1 aromatic carbocycles. The Morgan fingerprint density at radius 2 is 2.10 bits per heavy atom. The van der Waals surface area contributed by atoms with Crippen LogP contribution in [0.4, 0.5) is 0 Å². The highest BCUT2D eigenvalue weighted by molar-refractivity contribution is 7.99. The number of hydrogen-bond donors (Lipinski definition) is 0. The number of hydrogen-bond acceptors (Lipinski definition) is 8. The Bertz CT molecular complexity index is 1120. The van der Waals surface area contributed by atoms with Crippen LogP contribution >= 0.6 is 23.1 Å². The highest BCUT2D eigenvalue weighted by Gasteiger charge is 2.23. The van der Waals surface area contributed by atoms with Gasteiger partial charge in [0.25, 0.3) is 0 Å². The fourth-order valence-corrected chi connectivity index (χ4v) is 5.11. The standard InChI is InChI=1S/C20H19N5O2S2/c1-26-14-6-4-13(5-7-14)17-23-24-20(25(17)11-15-3-2-9-27-15)29-19-16-8-10-28-18(16)21-12-22-19/h4-8,10,12,15H,2-3,9,11H2,1H3/t15-/m0/s1. The van der Waals surface area contributed by atoms with E-state index in [0.717, 1.165) is 57.0 Å². The van der Waals surface area contributed by atoms with Gasteiger partial charge in [0.15, 0.2) is 11.0 Å². The normalized spacial score (nSPS) is 16.5. The van der Waals surface area contributed by atoms with Gasteiger partial charge < -0.3 is 9.47 Å². The van der Waals surface area contributed by atoms with Crippen LogP contribution in [0.25, 0.3) is 21.6 Å². The zero-order valence-electron chi connectivity index (χ0n) is 15.8. The van der Waals surface area contributed by atoms with Crippen molar-refractivity contribution in [1.82, 2.24) is 24.7 Å². The largest absolute Gasteiger partial charge is 0.497 e. The summed E-state index contributed by atoms with van der Waals surface area (Å²) in [7, 11) is 1.66. The SMILES string of the molecule is COc1ccc(-c2nnc(Sc3ncnc4sccc34)n2C[C@@H]2CCCO2)cc1. The van der Waals surface area contributed by atoms with Crippen LogP contribution < -0.4 is 4.74 Å². The highest BCUT2D eigenvalue weighted by atomic mass is 32.2. The van der Waals surface area contributed by atoms with Crippen LogP contribution in [-0.2, 0) is 11.3 Å². The molecule has 0 bridgehead atoms. The number of aromatic nitrogens is 5. The van der Waals surface area contributed by atoms with Gasteiger partial charge in [0.1, 0.15) is 21.9 Å². The quantitative estimate of drug-likeness (QED) is 0.427. The fourth-order valence-electron chi connectivity index (χ4n) is 3.41. The Hall–Kier alpha value is -2.49. The second kappa shape index (κ2) is 8.10. The molecule has 5 rings (SSSR count). The average Bonchev–Trinajstić information content (AvgIpc) is 3.51. The van der Waals surface area contributed by atoms with Crippen molar-refractivity contribution < 1.29 is 9.47 Å². The molecule has 1 saturated heterocycles. The molecule has 29 heavy (non-hydrogen) atoms. The number of rotatable bonds is 6. The second-order valence-corrected chi connectivity index (χ2v) is 8.55. The Balaban J connectivity index is 1.53. The van der Waals surface area contributed by atoms with Gasteiger partial charge in [-0.25, -0.2) is 9.97 Å². The van der Waals surface area contributed by atoms with Crippen molar-refractivity contribution in [3.05, 3.63) is 42.0 Å². The smallest absolute Gasteiger partial charge is 0.197 e. The Labute approximate surface area is 176 Å². The van der Waals surface area contributed by atoms with Crippen molar-refractivity contribution in [1.29, 1.82) is 0 Å². The van der Waals surface area contributed by atoms with Crippen molar-refractivity contribution in [2.24, 2.45) is 0 Å². The molecule has 0 saturated carbocycles. The van der Waals surface area contributed by atoms with Gasteiger partial charge >= 0.3 is 0 Å². The minimum Gasteiger partial charge on any atom is -0.497 e. The van der Waals surface area contributed by atoms with E-state index in [9.17, 15) is 0 Å². The van der Waals surface area contributed by atoms with E-state index in [1.54, 1.807) is 24.8 Å². The molecule has 1 aliphatic rings. The topological polar surface area (TPSA) is 75.0 Å². The molecular weight excluding hydrogens is 406 g/mol. The number of fused-ring (bicyclic) bond motifs is 1. The van der Waals surface area contributed by atoms with Crippen LogP contribution in [0.5, 0.6) is 5.75 Å². The number of methoxy groups -OCH3 is 1. The van der Waals surface area contributed by atoms with E-state index in [-0.39, 0.29) is 6.10 Å². The van der Waals surface area contributed by atoms with Crippen molar-refractivity contribution in [2.45, 2.75) is 35.7 Å². The molecule has 0 aliphatic carbocycles.